The summed E-state index contributed by atoms with van der Waals surface area (Å²) >= 11 is 1.85. The van der Waals surface area contributed by atoms with Gasteiger partial charge in [0, 0.05) is 47.7 Å². The first-order chi connectivity index (χ1) is 28.3. The first-order valence-electron chi connectivity index (χ1n) is 19.4. The summed E-state index contributed by atoms with van der Waals surface area (Å²) in [7, 11) is 0. The van der Waals surface area contributed by atoms with Gasteiger partial charge in [0.1, 0.15) is 11.2 Å². The Morgan fingerprint density at radius 3 is 1.95 bits per heavy atom. The molecule has 0 aliphatic heterocycles. The van der Waals surface area contributed by atoms with Crippen LogP contribution in [0.1, 0.15) is 0 Å². The fourth-order valence-corrected chi connectivity index (χ4v) is 10.2. The summed E-state index contributed by atoms with van der Waals surface area (Å²) in [5.74, 6) is 0. The number of hydrogen-bond donors (Lipinski definition) is 0. The Kier molecular flexibility index (Phi) is 7.13. The predicted molar refractivity (Wildman–Crippen MR) is 245 cm³/mol. The molecule has 0 aliphatic carbocycles. The minimum atomic E-state index is 0.896. The molecular weight excluding hydrogens is 711 g/mol. The van der Waals surface area contributed by atoms with Gasteiger partial charge in [-0.25, -0.2) is 0 Å². The van der Waals surface area contributed by atoms with Gasteiger partial charge in [0.2, 0.25) is 0 Å². The summed E-state index contributed by atoms with van der Waals surface area (Å²) in [6.07, 6.45) is 0. The van der Waals surface area contributed by atoms with Gasteiger partial charge < -0.3 is 9.32 Å². The van der Waals surface area contributed by atoms with Crippen molar-refractivity contribution < 1.29 is 4.42 Å². The van der Waals surface area contributed by atoms with Crippen molar-refractivity contribution in [2.45, 2.75) is 0 Å². The molecule has 57 heavy (non-hydrogen) atoms. The minimum absolute atomic E-state index is 0.896. The molecule has 266 valence electrons. The lowest BCUT2D eigenvalue weighted by molar-refractivity contribution is 0.673. The lowest BCUT2D eigenvalue weighted by atomic mass is 9.93. The van der Waals surface area contributed by atoms with Gasteiger partial charge in [0.25, 0.3) is 0 Å². The lowest BCUT2D eigenvalue weighted by Crippen LogP contribution is -2.10. The summed E-state index contributed by atoms with van der Waals surface area (Å²) in [4.78, 5) is 2.44. The van der Waals surface area contributed by atoms with Crippen molar-refractivity contribution in [1.29, 1.82) is 0 Å². The molecule has 10 aromatic carbocycles. The molecular formula is C54H33NOS. The standard InChI is InChI=1S/C54H33NOS/c1-4-17-42-34(12-1)28-31-46-52-41(21-10-23-49(52)56-54(42)46)36-14-9-15-39(32-36)55(48-22-11-25-51-53(48)45-20-7-8-24-50(45)57-51)38-29-26-35(27-30-38)47-33-37-13-2-3-16-40(37)43-18-5-6-19-44(43)47/h1-33H. The van der Waals surface area contributed by atoms with Crippen molar-refractivity contribution in [2.75, 3.05) is 4.90 Å². The summed E-state index contributed by atoms with van der Waals surface area (Å²) in [6, 6.07) is 72.8. The molecule has 0 fully saturated rings. The van der Waals surface area contributed by atoms with Gasteiger partial charge in [-0.2, -0.15) is 0 Å². The van der Waals surface area contributed by atoms with E-state index in [0.717, 1.165) is 55.5 Å². The van der Waals surface area contributed by atoms with Crippen LogP contribution < -0.4 is 4.90 Å². The third-order valence-electron chi connectivity index (χ3n) is 11.6. The van der Waals surface area contributed by atoms with Gasteiger partial charge in [-0.05, 0) is 110 Å². The first-order valence-corrected chi connectivity index (χ1v) is 20.2. The largest absolute Gasteiger partial charge is 0.455 e. The second-order valence-corrected chi connectivity index (χ2v) is 15.9. The van der Waals surface area contributed by atoms with E-state index in [9.17, 15) is 0 Å². The fourth-order valence-electron chi connectivity index (χ4n) is 9.06. The van der Waals surface area contributed by atoms with Crippen molar-refractivity contribution in [3.63, 3.8) is 0 Å². The van der Waals surface area contributed by atoms with Gasteiger partial charge >= 0.3 is 0 Å². The average Bonchev–Trinajstić information content (AvgIpc) is 3.86. The number of nitrogens with zero attached hydrogens (tertiary/aromatic N) is 1. The number of anilines is 3. The van der Waals surface area contributed by atoms with Crippen molar-refractivity contribution in [3.05, 3.63) is 200 Å². The smallest absolute Gasteiger partial charge is 0.143 e. The second kappa shape index (κ2) is 12.7. The average molecular weight is 744 g/mol. The van der Waals surface area contributed by atoms with Crippen molar-refractivity contribution in [2.24, 2.45) is 0 Å². The zero-order valence-corrected chi connectivity index (χ0v) is 31.6. The van der Waals surface area contributed by atoms with Gasteiger partial charge in [-0.1, -0.05) is 140 Å². The molecule has 0 atom stereocenters. The summed E-state index contributed by atoms with van der Waals surface area (Å²) in [5.41, 5.74) is 9.90. The Balaban J connectivity index is 1.06. The number of hydrogen-bond acceptors (Lipinski definition) is 3. The summed E-state index contributed by atoms with van der Waals surface area (Å²) in [5, 5.41) is 12.2. The molecule has 0 saturated heterocycles. The highest BCUT2D eigenvalue weighted by Gasteiger charge is 2.21. The highest BCUT2D eigenvalue weighted by molar-refractivity contribution is 7.26. The third kappa shape index (κ3) is 5.03. The highest BCUT2D eigenvalue weighted by Crippen LogP contribution is 2.47. The van der Waals surface area contributed by atoms with Crippen LogP contribution in [0.4, 0.5) is 17.1 Å². The Labute approximate surface area is 333 Å². The first kappa shape index (κ1) is 32.1. The lowest BCUT2D eigenvalue weighted by Gasteiger charge is -2.27. The molecule has 0 radical (unpaired) electrons. The molecule has 0 saturated carbocycles. The maximum absolute atomic E-state index is 6.61. The van der Waals surface area contributed by atoms with Crippen LogP contribution in [0.25, 0.3) is 96.7 Å². The zero-order valence-electron chi connectivity index (χ0n) is 30.8. The molecule has 2 nitrogen and oxygen atoms in total. The topological polar surface area (TPSA) is 16.4 Å². The molecule has 12 aromatic rings. The van der Waals surface area contributed by atoms with Crippen molar-refractivity contribution in [1.82, 2.24) is 0 Å². The van der Waals surface area contributed by atoms with E-state index in [2.05, 4.69) is 205 Å². The number of benzene rings is 10. The summed E-state index contributed by atoms with van der Waals surface area (Å²) in [6.45, 7) is 0. The molecule has 2 aromatic heterocycles. The van der Waals surface area contributed by atoms with E-state index in [1.54, 1.807) is 0 Å². The van der Waals surface area contributed by atoms with E-state index >= 15 is 0 Å². The predicted octanol–water partition coefficient (Wildman–Crippen LogP) is 16.2. The van der Waals surface area contributed by atoms with Crippen LogP contribution in [0.5, 0.6) is 0 Å². The number of rotatable bonds is 5. The summed E-state index contributed by atoms with van der Waals surface area (Å²) < 4.78 is 9.18. The zero-order chi connectivity index (χ0) is 37.5. The van der Waals surface area contributed by atoms with Crippen LogP contribution in [-0.2, 0) is 0 Å². The third-order valence-corrected chi connectivity index (χ3v) is 12.8. The number of fused-ring (bicyclic) bond motifs is 11. The maximum Gasteiger partial charge on any atom is 0.143 e. The van der Waals surface area contributed by atoms with Gasteiger partial charge in [0.15, 0.2) is 0 Å². The van der Waals surface area contributed by atoms with Gasteiger partial charge in [-0.3, -0.25) is 0 Å². The maximum atomic E-state index is 6.61. The number of furan rings is 1. The molecule has 0 unspecified atom stereocenters. The molecule has 0 amide bonds. The van der Waals surface area contributed by atoms with Gasteiger partial charge in [0.05, 0.1) is 5.69 Å². The Morgan fingerprint density at radius 2 is 1.07 bits per heavy atom. The SMILES string of the molecule is c1cc(-c2cccc3oc4c5ccccc5ccc4c23)cc(N(c2ccc(-c3cc4ccccc4c4ccccc34)cc2)c2cccc3sc4ccccc4c23)c1. The quantitative estimate of drug-likeness (QED) is 0.163. The molecule has 3 heteroatoms. The van der Waals surface area contributed by atoms with Gasteiger partial charge in [-0.15, -0.1) is 11.3 Å². The molecule has 0 bridgehead atoms. The molecule has 0 N–H and O–H groups in total. The van der Waals surface area contributed by atoms with E-state index in [4.69, 9.17) is 4.42 Å². The molecule has 0 aliphatic rings. The van der Waals surface area contributed by atoms with E-state index < -0.39 is 0 Å². The normalized spacial score (nSPS) is 11.9. The molecule has 2 heterocycles. The Hall–Kier alpha value is -7.20. The number of thiophene rings is 1. The van der Waals surface area contributed by atoms with Crippen molar-refractivity contribution >= 4 is 103 Å². The Bertz CT molecular complexity index is 3540. The van der Waals surface area contributed by atoms with Crippen LogP contribution in [-0.4, -0.2) is 0 Å². The van der Waals surface area contributed by atoms with Crippen LogP contribution in [0, 0.1) is 0 Å². The highest BCUT2D eigenvalue weighted by atomic mass is 32.1. The molecule has 0 spiro atoms. The van der Waals surface area contributed by atoms with Crippen LogP contribution in [0.2, 0.25) is 0 Å². The van der Waals surface area contributed by atoms with E-state index in [-0.39, 0.29) is 0 Å². The molecule has 12 rings (SSSR count). The second-order valence-electron chi connectivity index (χ2n) is 14.8. The minimum Gasteiger partial charge on any atom is -0.455 e. The van der Waals surface area contributed by atoms with Crippen LogP contribution in [0.3, 0.4) is 0 Å². The Morgan fingerprint density at radius 1 is 0.368 bits per heavy atom. The van der Waals surface area contributed by atoms with Crippen LogP contribution in [0.15, 0.2) is 205 Å². The monoisotopic (exact) mass is 743 g/mol. The van der Waals surface area contributed by atoms with Crippen molar-refractivity contribution in [3.8, 4) is 22.3 Å². The fraction of sp³-hybridized carbons (Fsp3) is 0. The van der Waals surface area contributed by atoms with E-state index in [1.807, 2.05) is 11.3 Å². The van der Waals surface area contributed by atoms with E-state index in [0.29, 0.717) is 0 Å². The van der Waals surface area contributed by atoms with E-state index in [1.165, 1.54) is 58.2 Å². The van der Waals surface area contributed by atoms with Crippen LogP contribution >= 0.6 is 11.3 Å².